The van der Waals surface area contributed by atoms with Crippen LogP contribution in [0.15, 0.2) is 76.5 Å². The zero-order valence-electron chi connectivity index (χ0n) is 16.7. The third kappa shape index (κ3) is 4.38. The maximum absolute atomic E-state index is 13.1. The maximum atomic E-state index is 13.1. The molecule has 3 aromatic rings. The Bertz CT molecular complexity index is 1170. The number of nitrogens with one attached hydrogen (secondary N) is 1. The lowest BCUT2D eigenvalue weighted by atomic mass is 9.97. The normalized spacial score (nSPS) is 15.9. The summed E-state index contributed by atoms with van der Waals surface area (Å²) in [5.74, 6) is -0.234. The molecular formula is C23H24N2O3S2. The lowest BCUT2D eigenvalue weighted by Gasteiger charge is -2.30. The largest absolute Gasteiger partial charge is 0.326 e. The molecule has 3 aromatic carbocycles. The summed E-state index contributed by atoms with van der Waals surface area (Å²) in [7, 11) is -3.57. The van der Waals surface area contributed by atoms with Crippen molar-refractivity contribution in [2.24, 2.45) is 5.92 Å². The number of amides is 1. The molecule has 0 unspecified atom stereocenters. The van der Waals surface area contributed by atoms with Gasteiger partial charge < -0.3 is 5.32 Å². The van der Waals surface area contributed by atoms with E-state index in [9.17, 15) is 13.2 Å². The summed E-state index contributed by atoms with van der Waals surface area (Å²) in [6.07, 6.45) is 3.02. The number of carbonyl (C=O) groups is 1. The monoisotopic (exact) mass is 440 g/mol. The molecule has 1 fully saturated rings. The second-order valence-electron chi connectivity index (χ2n) is 7.41. The first kappa shape index (κ1) is 20.9. The number of hydrogen-bond acceptors (Lipinski definition) is 4. The minimum Gasteiger partial charge on any atom is -0.326 e. The van der Waals surface area contributed by atoms with Gasteiger partial charge in [-0.25, -0.2) is 8.42 Å². The van der Waals surface area contributed by atoms with Crippen molar-refractivity contribution in [3.63, 3.8) is 0 Å². The van der Waals surface area contributed by atoms with Gasteiger partial charge in [-0.15, -0.1) is 11.8 Å². The van der Waals surface area contributed by atoms with Gasteiger partial charge in [-0.05, 0) is 60.2 Å². The van der Waals surface area contributed by atoms with Crippen molar-refractivity contribution in [3.8, 4) is 0 Å². The van der Waals surface area contributed by atoms with Crippen LogP contribution in [0.5, 0.6) is 0 Å². The standard InChI is InChI=1S/C23H24N2O3S2/c1-29-21-8-4-7-20(16-21)24-23(26)18-11-13-25(14-12-18)30(27,28)22-10-9-17-5-2-3-6-19(17)15-22/h2-10,15-16,18H,11-14H2,1H3,(H,24,26). The van der Waals surface area contributed by atoms with Crippen LogP contribution in [0.4, 0.5) is 5.69 Å². The van der Waals surface area contributed by atoms with Gasteiger partial charge >= 0.3 is 0 Å². The van der Waals surface area contributed by atoms with Crippen molar-refractivity contribution < 1.29 is 13.2 Å². The summed E-state index contributed by atoms with van der Waals surface area (Å²) in [5.41, 5.74) is 0.776. The summed E-state index contributed by atoms with van der Waals surface area (Å²) in [5, 5.41) is 4.89. The van der Waals surface area contributed by atoms with Gasteiger partial charge in [0, 0.05) is 29.6 Å². The summed E-state index contributed by atoms with van der Waals surface area (Å²) in [4.78, 5) is 14.0. The predicted octanol–water partition coefficient (Wildman–Crippen LogP) is 4.60. The van der Waals surface area contributed by atoms with Crippen LogP contribution >= 0.6 is 11.8 Å². The Morgan fingerprint density at radius 3 is 2.43 bits per heavy atom. The molecular weight excluding hydrogens is 416 g/mol. The Morgan fingerprint density at radius 1 is 0.967 bits per heavy atom. The number of piperidine rings is 1. The lowest BCUT2D eigenvalue weighted by molar-refractivity contribution is -0.120. The number of thioether (sulfide) groups is 1. The fraction of sp³-hybridized carbons (Fsp3) is 0.261. The Morgan fingerprint density at radius 2 is 1.70 bits per heavy atom. The molecule has 156 valence electrons. The molecule has 0 aromatic heterocycles. The van der Waals surface area contributed by atoms with E-state index in [0.717, 1.165) is 21.4 Å². The number of fused-ring (bicyclic) bond motifs is 1. The molecule has 0 spiro atoms. The number of carbonyl (C=O) groups excluding carboxylic acids is 1. The van der Waals surface area contributed by atoms with Crippen LogP contribution in [-0.2, 0) is 14.8 Å². The lowest BCUT2D eigenvalue weighted by Crippen LogP contribution is -2.41. The molecule has 0 saturated carbocycles. The highest BCUT2D eigenvalue weighted by Crippen LogP contribution is 2.27. The van der Waals surface area contributed by atoms with Gasteiger partial charge in [0.05, 0.1) is 4.90 Å². The van der Waals surface area contributed by atoms with Gasteiger partial charge in [0.2, 0.25) is 15.9 Å². The van der Waals surface area contributed by atoms with Gasteiger partial charge in [-0.3, -0.25) is 4.79 Å². The van der Waals surface area contributed by atoms with E-state index in [4.69, 9.17) is 0 Å². The Labute approximate surface area is 181 Å². The number of nitrogens with zero attached hydrogens (tertiary/aromatic N) is 1. The quantitative estimate of drug-likeness (QED) is 0.589. The van der Waals surface area contributed by atoms with Gasteiger partial charge in [-0.2, -0.15) is 4.31 Å². The molecule has 0 aliphatic carbocycles. The molecule has 7 heteroatoms. The molecule has 1 heterocycles. The summed E-state index contributed by atoms with van der Waals surface area (Å²) < 4.78 is 27.7. The van der Waals surface area contributed by atoms with Crippen LogP contribution in [-0.4, -0.2) is 38.0 Å². The fourth-order valence-corrected chi connectivity index (χ4v) is 5.75. The van der Waals surface area contributed by atoms with Gasteiger partial charge in [0.1, 0.15) is 0 Å². The molecule has 1 amide bonds. The van der Waals surface area contributed by atoms with E-state index < -0.39 is 10.0 Å². The maximum Gasteiger partial charge on any atom is 0.243 e. The van der Waals surface area contributed by atoms with Crippen molar-refractivity contribution in [2.75, 3.05) is 24.7 Å². The molecule has 0 radical (unpaired) electrons. The van der Waals surface area contributed by atoms with Crippen LogP contribution in [0.25, 0.3) is 10.8 Å². The van der Waals surface area contributed by atoms with Crippen LogP contribution in [0, 0.1) is 5.92 Å². The molecule has 1 saturated heterocycles. The fourth-order valence-electron chi connectivity index (χ4n) is 3.78. The topological polar surface area (TPSA) is 66.5 Å². The summed E-state index contributed by atoms with van der Waals surface area (Å²) in [6.45, 7) is 0.691. The molecule has 0 bridgehead atoms. The highest BCUT2D eigenvalue weighted by atomic mass is 32.2. The highest BCUT2D eigenvalue weighted by Gasteiger charge is 2.32. The van der Waals surface area contributed by atoms with Crippen LogP contribution in [0.3, 0.4) is 0 Å². The van der Waals surface area contributed by atoms with E-state index in [2.05, 4.69) is 5.32 Å². The first-order valence-corrected chi connectivity index (χ1v) is 12.6. The number of rotatable bonds is 5. The summed E-state index contributed by atoms with van der Waals surface area (Å²) >= 11 is 1.62. The van der Waals surface area contributed by atoms with Crippen LogP contribution in [0.2, 0.25) is 0 Å². The van der Waals surface area contributed by atoms with Crippen molar-refractivity contribution >= 4 is 44.2 Å². The number of sulfonamides is 1. The Kier molecular flexibility index (Phi) is 6.13. The minimum absolute atomic E-state index is 0.0454. The van der Waals surface area contributed by atoms with Crippen molar-refractivity contribution in [2.45, 2.75) is 22.6 Å². The number of hydrogen-bond donors (Lipinski definition) is 1. The molecule has 30 heavy (non-hydrogen) atoms. The Balaban J connectivity index is 1.42. The zero-order valence-corrected chi connectivity index (χ0v) is 18.4. The zero-order chi connectivity index (χ0) is 21.1. The minimum atomic E-state index is -3.57. The van der Waals surface area contributed by atoms with Gasteiger partial charge in [-0.1, -0.05) is 36.4 Å². The van der Waals surface area contributed by atoms with Gasteiger partial charge in [0.15, 0.2) is 0 Å². The third-order valence-corrected chi connectivity index (χ3v) is 8.14. The molecule has 0 atom stereocenters. The third-order valence-electron chi connectivity index (χ3n) is 5.52. The van der Waals surface area contributed by atoms with E-state index in [0.29, 0.717) is 30.8 Å². The van der Waals surface area contributed by atoms with Crippen LogP contribution < -0.4 is 5.32 Å². The molecule has 5 nitrogen and oxygen atoms in total. The van der Waals surface area contributed by atoms with E-state index in [1.54, 1.807) is 23.9 Å². The average molecular weight is 441 g/mol. The molecule has 1 aliphatic rings. The SMILES string of the molecule is CSc1cccc(NC(=O)C2CCN(S(=O)(=O)c3ccc4ccccc4c3)CC2)c1. The Hall–Kier alpha value is -2.35. The summed E-state index contributed by atoms with van der Waals surface area (Å²) in [6, 6.07) is 20.7. The van der Waals surface area contributed by atoms with E-state index in [-0.39, 0.29) is 11.8 Å². The molecule has 1 N–H and O–H groups in total. The van der Waals surface area contributed by atoms with E-state index in [1.165, 1.54) is 4.31 Å². The van der Waals surface area contributed by atoms with Gasteiger partial charge in [0.25, 0.3) is 0 Å². The number of benzene rings is 3. The van der Waals surface area contributed by atoms with Crippen molar-refractivity contribution in [3.05, 3.63) is 66.7 Å². The number of anilines is 1. The van der Waals surface area contributed by atoms with E-state index in [1.807, 2.05) is 60.9 Å². The second-order valence-corrected chi connectivity index (χ2v) is 10.2. The van der Waals surface area contributed by atoms with Crippen molar-refractivity contribution in [1.29, 1.82) is 0 Å². The molecule has 4 rings (SSSR count). The first-order chi connectivity index (χ1) is 14.5. The van der Waals surface area contributed by atoms with Crippen LogP contribution in [0.1, 0.15) is 12.8 Å². The average Bonchev–Trinajstić information content (AvgIpc) is 2.79. The second kappa shape index (κ2) is 8.79. The smallest absolute Gasteiger partial charge is 0.243 e. The highest BCUT2D eigenvalue weighted by molar-refractivity contribution is 7.98. The van der Waals surface area contributed by atoms with E-state index >= 15 is 0 Å². The predicted molar refractivity (Wildman–Crippen MR) is 122 cm³/mol. The molecule has 1 aliphatic heterocycles. The van der Waals surface area contributed by atoms with Crippen molar-refractivity contribution in [1.82, 2.24) is 4.31 Å². The first-order valence-electron chi connectivity index (χ1n) is 9.91.